The lowest BCUT2D eigenvalue weighted by molar-refractivity contribution is -0.123. The first-order valence-electron chi connectivity index (χ1n) is 6.78. The van der Waals surface area contributed by atoms with Crippen LogP contribution in [0.1, 0.15) is 25.6 Å². The van der Waals surface area contributed by atoms with E-state index in [1.807, 2.05) is 0 Å². The monoisotopic (exact) mass is 438 g/mol. The van der Waals surface area contributed by atoms with E-state index in [-0.39, 0.29) is 16.8 Å². The summed E-state index contributed by atoms with van der Waals surface area (Å²) < 4.78 is 51.1. The van der Waals surface area contributed by atoms with Crippen molar-refractivity contribution in [2.24, 2.45) is 0 Å². The molecular formula is C15H11BrF4N2O2S. The number of alkyl halides is 3. The molecule has 10 heteroatoms. The second-order valence-electron chi connectivity index (χ2n) is 4.98. The first kappa shape index (κ1) is 19.4. The van der Waals surface area contributed by atoms with E-state index < -0.39 is 30.4 Å². The van der Waals surface area contributed by atoms with E-state index in [0.29, 0.717) is 9.35 Å². The Balaban J connectivity index is 2.24. The number of nitrogens with one attached hydrogen (secondary N) is 2. The van der Waals surface area contributed by atoms with Crippen molar-refractivity contribution in [1.29, 1.82) is 0 Å². The molecule has 0 fully saturated rings. The van der Waals surface area contributed by atoms with Crippen molar-refractivity contribution in [3.05, 3.63) is 49.9 Å². The van der Waals surface area contributed by atoms with Gasteiger partial charge in [0.1, 0.15) is 17.2 Å². The minimum absolute atomic E-state index is 0.00228. The minimum Gasteiger partial charge on any atom is -0.343 e. The van der Waals surface area contributed by atoms with Crippen LogP contribution in [0.4, 0.5) is 23.2 Å². The molecule has 0 atom stereocenters. The molecule has 0 unspecified atom stereocenters. The van der Waals surface area contributed by atoms with E-state index in [0.717, 1.165) is 23.5 Å². The summed E-state index contributed by atoms with van der Waals surface area (Å²) in [5, 5.41) is 5.79. The standard InChI is InChI=1S/C15H11BrF4N2O2S/c1-7-10(17)4-8(13(23)21-6-15(18,19)20)5-11(7)22-14(24)12-9(16)2-3-25-12/h2-5H,6H2,1H3,(H,21,23)(H,22,24). The summed E-state index contributed by atoms with van der Waals surface area (Å²) in [4.78, 5) is 24.3. The SMILES string of the molecule is Cc1c(F)cc(C(=O)NCC(F)(F)F)cc1NC(=O)c1sccc1Br. The maximum Gasteiger partial charge on any atom is 0.405 e. The van der Waals surface area contributed by atoms with Crippen LogP contribution in [0.2, 0.25) is 0 Å². The highest BCUT2D eigenvalue weighted by Gasteiger charge is 2.28. The molecule has 134 valence electrons. The second kappa shape index (κ2) is 7.52. The molecule has 0 spiro atoms. The lowest BCUT2D eigenvalue weighted by Gasteiger charge is -2.12. The highest BCUT2D eigenvalue weighted by Crippen LogP contribution is 2.26. The average molecular weight is 439 g/mol. The van der Waals surface area contributed by atoms with Crippen molar-refractivity contribution in [2.75, 3.05) is 11.9 Å². The van der Waals surface area contributed by atoms with Crippen LogP contribution in [0.15, 0.2) is 28.1 Å². The summed E-state index contributed by atoms with van der Waals surface area (Å²) in [6.45, 7) is -0.156. The zero-order valence-electron chi connectivity index (χ0n) is 12.6. The van der Waals surface area contributed by atoms with Gasteiger partial charge in [0.15, 0.2) is 0 Å². The van der Waals surface area contributed by atoms with E-state index in [1.165, 1.54) is 6.92 Å². The predicted molar refractivity (Wildman–Crippen MR) is 89.5 cm³/mol. The Morgan fingerprint density at radius 1 is 1.24 bits per heavy atom. The number of hydrogen-bond acceptors (Lipinski definition) is 3. The molecule has 4 nitrogen and oxygen atoms in total. The normalized spacial score (nSPS) is 11.3. The van der Waals surface area contributed by atoms with E-state index in [9.17, 15) is 27.2 Å². The molecule has 1 aromatic carbocycles. The molecule has 2 N–H and O–H groups in total. The van der Waals surface area contributed by atoms with Gasteiger partial charge in [0.2, 0.25) is 0 Å². The fourth-order valence-electron chi connectivity index (χ4n) is 1.86. The van der Waals surface area contributed by atoms with Crippen LogP contribution in [-0.4, -0.2) is 24.5 Å². The number of halogens is 5. The molecule has 0 aliphatic rings. The maximum atomic E-state index is 14.0. The van der Waals surface area contributed by atoms with Crippen molar-refractivity contribution < 1.29 is 27.2 Å². The van der Waals surface area contributed by atoms with Gasteiger partial charge in [-0.25, -0.2) is 4.39 Å². The topological polar surface area (TPSA) is 58.2 Å². The molecule has 2 aromatic rings. The van der Waals surface area contributed by atoms with Crippen LogP contribution in [0.3, 0.4) is 0 Å². The van der Waals surface area contributed by atoms with Crippen molar-refractivity contribution in [3.63, 3.8) is 0 Å². The number of thiophene rings is 1. The van der Waals surface area contributed by atoms with Gasteiger partial charge in [-0.15, -0.1) is 11.3 Å². The molecule has 0 saturated heterocycles. The molecule has 1 aromatic heterocycles. The summed E-state index contributed by atoms with van der Waals surface area (Å²) in [7, 11) is 0. The Bertz CT molecular complexity index is 820. The lowest BCUT2D eigenvalue weighted by atomic mass is 10.1. The highest BCUT2D eigenvalue weighted by atomic mass is 79.9. The quantitative estimate of drug-likeness (QED) is 0.690. The van der Waals surface area contributed by atoms with Crippen LogP contribution in [0, 0.1) is 12.7 Å². The van der Waals surface area contributed by atoms with E-state index in [4.69, 9.17) is 0 Å². The van der Waals surface area contributed by atoms with Gasteiger partial charge in [-0.2, -0.15) is 13.2 Å². The van der Waals surface area contributed by atoms with Crippen molar-refractivity contribution in [2.45, 2.75) is 13.1 Å². The van der Waals surface area contributed by atoms with Crippen LogP contribution < -0.4 is 10.6 Å². The summed E-state index contributed by atoms with van der Waals surface area (Å²) in [5.41, 5.74) is -0.260. The number of carbonyl (C=O) groups excluding carboxylic acids is 2. The number of rotatable bonds is 4. The number of carbonyl (C=O) groups is 2. The third-order valence-electron chi connectivity index (χ3n) is 3.13. The van der Waals surface area contributed by atoms with Gasteiger partial charge < -0.3 is 10.6 Å². The molecule has 2 amide bonds. The minimum atomic E-state index is -4.58. The zero-order valence-corrected chi connectivity index (χ0v) is 15.0. The Morgan fingerprint density at radius 2 is 1.92 bits per heavy atom. The van der Waals surface area contributed by atoms with E-state index in [2.05, 4.69) is 21.2 Å². The smallest absolute Gasteiger partial charge is 0.343 e. The van der Waals surface area contributed by atoms with Gasteiger partial charge >= 0.3 is 6.18 Å². The molecule has 0 saturated carbocycles. The van der Waals surface area contributed by atoms with Crippen molar-refractivity contribution in [3.8, 4) is 0 Å². The third-order valence-corrected chi connectivity index (χ3v) is 4.96. The number of benzene rings is 1. The zero-order chi connectivity index (χ0) is 18.8. The molecule has 1 heterocycles. The van der Waals surface area contributed by atoms with Gasteiger partial charge in [-0.05, 0) is 46.4 Å². The average Bonchev–Trinajstić information content (AvgIpc) is 2.94. The van der Waals surface area contributed by atoms with Crippen LogP contribution >= 0.6 is 27.3 Å². The Hall–Kier alpha value is -1.94. The van der Waals surface area contributed by atoms with Crippen molar-refractivity contribution in [1.82, 2.24) is 5.32 Å². The molecule has 0 radical (unpaired) electrons. The summed E-state index contributed by atoms with van der Waals surface area (Å²) in [5.74, 6) is -2.44. The van der Waals surface area contributed by atoms with Crippen LogP contribution in [0.25, 0.3) is 0 Å². The Morgan fingerprint density at radius 3 is 2.48 bits per heavy atom. The summed E-state index contributed by atoms with van der Waals surface area (Å²) >= 11 is 4.35. The number of amides is 2. The predicted octanol–water partition coefficient (Wildman–Crippen LogP) is 4.50. The summed E-state index contributed by atoms with van der Waals surface area (Å²) in [6.07, 6.45) is -4.58. The van der Waals surface area contributed by atoms with Crippen LogP contribution in [0.5, 0.6) is 0 Å². The molecule has 0 bridgehead atoms. The first-order valence-corrected chi connectivity index (χ1v) is 8.45. The van der Waals surface area contributed by atoms with Gasteiger partial charge in [0.05, 0.1) is 0 Å². The fourth-order valence-corrected chi connectivity index (χ4v) is 3.30. The van der Waals surface area contributed by atoms with Crippen LogP contribution in [-0.2, 0) is 0 Å². The van der Waals surface area contributed by atoms with Crippen molar-refractivity contribution >= 4 is 44.8 Å². The Kier molecular flexibility index (Phi) is 5.83. The highest BCUT2D eigenvalue weighted by molar-refractivity contribution is 9.10. The van der Waals surface area contributed by atoms with Gasteiger partial charge in [0.25, 0.3) is 11.8 Å². The molecule has 0 aliphatic carbocycles. The largest absolute Gasteiger partial charge is 0.405 e. The third kappa shape index (κ3) is 5.02. The number of anilines is 1. The summed E-state index contributed by atoms with van der Waals surface area (Å²) in [6, 6.07) is 3.61. The second-order valence-corrected chi connectivity index (χ2v) is 6.75. The van der Waals surface area contributed by atoms with E-state index in [1.54, 1.807) is 16.8 Å². The van der Waals surface area contributed by atoms with Gasteiger partial charge in [0, 0.05) is 21.3 Å². The molecule has 25 heavy (non-hydrogen) atoms. The maximum absolute atomic E-state index is 14.0. The fraction of sp³-hybridized carbons (Fsp3) is 0.200. The lowest BCUT2D eigenvalue weighted by Crippen LogP contribution is -2.33. The Labute approximate surface area is 152 Å². The molecular weight excluding hydrogens is 428 g/mol. The van der Waals surface area contributed by atoms with Gasteiger partial charge in [-0.1, -0.05) is 0 Å². The molecule has 0 aliphatic heterocycles. The number of hydrogen-bond donors (Lipinski definition) is 2. The first-order chi connectivity index (χ1) is 11.6. The van der Waals surface area contributed by atoms with E-state index >= 15 is 0 Å². The van der Waals surface area contributed by atoms with Gasteiger partial charge in [-0.3, -0.25) is 9.59 Å². The molecule has 2 rings (SSSR count).